The number of hydrogen-bond acceptors (Lipinski definition) is 3. The molecule has 5 heteroatoms. The summed E-state index contributed by atoms with van der Waals surface area (Å²) in [7, 11) is -3.38. The van der Waals surface area contributed by atoms with E-state index in [9.17, 15) is 8.42 Å². The third kappa shape index (κ3) is 3.23. The molecule has 0 spiro atoms. The monoisotopic (exact) mass is 356 g/mol. The van der Waals surface area contributed by atoms with Crippen molar-refractivity contribution in [2.24, 2.45) is 0 Å². The van der Waals surface area contributed by atoms with Crippen LogP contribution in [0.5, 0.6) is 0 Å². The maximum absolute atomic E-state index is 13.0. The highest BCUT2D eigenvalue weighted by molar-refractivity contribution is 7.89. The molecule has 0 N–H and O–H groups in total. The van der Waals surface area contributed by atoms with Gasteiger partial charge in [-0.3, -0.25) is 4.98 Å². The van der Waals surface area contributed by atoms with Crippen LogP contribution in [0.2, 0.25) is 0 Å². The van der Waals surface area contributed by atoms with Crippen LogP contribution in [0.1, 0.15) is 47.6 Å². The van der Waals surface area contributed by atoms with Crippen molar-refractivity contribution in [2.75, 3.05) is 13.1 Å². The Hall–Kier alpha value is -1.72. The lowest BCUT2D eigenvalue weighted by Crippen LogP contribution is -2.37. The minimum absolute atomic E-state index is 0.402. The Kier molecular flexibility index (Phi) is 4.38. The third-order valence-corrected chi connectivity index (χ3v) is 7.46. The van der Waals surface area contributed by atoms with E-state index in [0.717, 1.165) is 37.8 Å². The van der Waals surface area contributed by atoms with Crippen LogP contribution >= 0.6 is 0 Å². The minimum Gasteiger partial charge on any atom is -0.261 e. The van der Waals surface area contributed by atoms with E-state index in [0.29, 0.717) is 23.9 Å². The van der Waals surface area contributed by atoms with Crippen molar-refractivity contribution >= 4 is 10.0 Å². The Labute approximate surface area is 150 Å². The molecule has 0 unspecified atom stereocenters. The Balaban J connectivity index is 1.48. The van der Waals surface area contributed by atoms with Crippen LogP contribution in [-0.4, -0.2) is 30.8 Å². The molecular weight excluding hydrogens is 332 g/mol. The van der Waals surface area contributed by atoms with Crippen molar-refractivity contribution in [3.8, 4) is 0 Å². The number of fused-ring (bicyclic) bond motifs is 1. The molecule has 0 bridgehead atoms. The summed E-state index contributed by atoms with van der Waals surface area (Å²) in [5.41, 5.74) is 4.76. The summed E-state index contributed by atoms with van der Waals surface area (Å²) in [4.78, 5) is 4.83. The Morgan fingerprint density at radius 2 is 1.80 bits per heavy atom. The Morgan fingerprint density at radius 3 is 2.52 bits per heavy atom. The minimum atomic E-state index is -3.38. The summed E-state index contributed by atoms with van der Waals surface area (Å²) in [6, 6.07) is 9.84. The van der Waals surface area contributed by atoms with Gasteiger partial charge in [-0.2, -0.15) is 4.31 Å². The van der Waals surface area contributed by atoms with Crippen molar-refractivity contribution in [3.63, 3.8) is 0 Å². The van der Waals surface area contributed by atoms with Gasteiger partial charge in [0, 0.05) is 25.0 Å². The zero-order valence-electron chi connectivity index (χ0n) is 14.6. The fourth-order valence-corrected chi connectivity index (χ4v) is 5.53. The first-order valence-corrected chi connectivity index (χ1v) is 10.5. The molecular formula is C20H24N2O2S. The van der Waals surface area contributed by atoms with Gasteiger partial charge in [-0.05, 0) is 79.8 Å². The number of aryl methyl sites for hydroxylation is 3. The summed E-state index contributed by atoms with van der Waals surface area (Å²) in [6.45, 7) is 3.14. The van der Waals surface area contributed by atoms with E-state index in [2.05, 4.69) is 11.1 Å². The first kappa shape index (κ1) is 16.7. The van der Waals surface area contributed by atoms with Crippen LogP contribution in [-0.2, 0) is 22.9 Å². The number of pyridine rings is 1. The molecule has 2 aliphatic rings. The topological polar surface area (TPSA) is 50.3 Å². The number of sulfonamides is 1. The zero-order valence-corrected chi connectivity index (χ0v) is 15.4. The molecule has 2 aromatic rings. The lowest BCUT2D eigenvalue weighted by Gasteiger charge is -2.31. The Morgan fingerprint density at radius 1 is 1.04 bits per heavy atom. The largest absolute Gasteiger partial charge is 0.261 e. The van der Waals surface area contributed by atoms with Crippen LogP contribution in [0.15, 0.2) is 41.4 Å². The number of benzene rings is 1. The second-order valence-corrected chi connectivity index (χ2v) is 9.13. The predicted octanol–water partition coefficient (Wildman–Crippen LogP) is 3.45. The van der Waals surface area contributed by atoms with Crippen LogP contribution < -0.4 is 0 Å². The number of piperidine rings is 1. The normalized spacial score (nSPS) is 19.1. The molecule has 1 fully saturated rings. The molecule has 0 saturated carbocycles. The van der Waals surface area contributed by atoms with Crippen LogP contribution in [0.4, 0.5) is 0 Å². The van der Waals surface area contributed by atoms with Crippen molar-refractivity contribution in [1.82, 2.24) is 9.29 Å². The van der Waals surface area contributed by atoms with Crippen LogP contribution in [0.25, 0.3) is 0 Å². The van der Waals surface area contributed by atoms with Gasteiger partial charge in [0.2, 0.25) is 10.0 Å². The highest BCUT2D eigenvalue weighted by atomic mass is 32.2. The first-order chi connectivity index (χ1) is 12.0. The van der Waals surface area contributed by atoms with Crippen molar-refractivity contribution in [1.29, 1.82) is 0 Å². The fourth-order valence-electron chi connectivity index (χ4n) is 4.01. The molecule has 1 aromatic heterocycles. The van der Waals surface area contributed by atoms with Gasteiger partial charge in [0.25, 0.3) is 0 Å². The highest BCUT2D eigenvalue weighted by Gasteiger charge is 2.30. The van der Waals surface area contributed by atoms with Gasteiger partial charge in [0.15, 0.2) is 0 Å². The molecule has 0 radical (unpaired) electrons. The van der Waals surface area contributed by atoms with Crippen molar-refractivity contribution < 1.29 is 8.42 Å². The van der Waals surface area contributed by atoms with Gasteiger partial charge >= 0.3 is 0 Å². The van der Waals surface area contributed by atoms with E-state index in [1.807, 2.05) is 31.3 Å². The summed E-state index contributed by atoms with van der Waals surface area (Å²) in [6.07, 6.45) is 6.86. The lowest BCUT2D eigenvalue weighted by atomic mass is 9.91. The van der Waals surface area contributed by atoms with Gasteiger partial charge in [-0.1, -0.05) is 12.1 Å². The van der Waals surface area contributed by atoms with Crippen LogP contribution in [0.3, 0.4) is 0 Å². The lowest BCUT2D eigenvalue weighted by molar-refractivity contribution is 0.319. The predicted molar refractivity (Wildman–Crippen MR) is 98.2 cm³/mol. The zero-order chi connectivity index (χ0) is 17.4. The summed E-state index contributed by atoms with van der Waals surface area (Å²) in [5.74, 6) is 0.402. The second-order valence-electron chi connectivity index (χ2n) is 7.20. The standard InChI is InChI=1S/C20H24N2O2S/c1-15-5-6-19(14-21-15)17-9-11-22(12-10-17)25(23,24)20-8-7-16-3-2-4-18(16)13-20/h5-8,13-14,17H,2-4,9-12H2,1H3. The van der Waals surface area contributed by atoms with E-state index in [1.54, 1.807) is 10.4 Å². The fraction of sp³-hybridized carbons (Fsp3) is 0.450. The van der Waals surface area contributed by atoms with Gasteiger partial charge in [-0.15, -0.1) is 0 Å². The molecule has 4 rings (SSSR count). The maximum atomic E-state index is 13.0. The first-order valence-electron chi connectivity index (χ1n) is 9.08. The molecule has 4 nitrogen and oxygen atoms in total. The van der Waals surface area contributed by atoms with E-state index in [4.69, 9.17) is 0 Å². The third-order valence-electron chi connectivity index (χ3n) is 5.57. The molecule has 0 amide bonds. The van der Waals surface area contributed by atoms with E-state index in [1.165, 1.54) is 16.7 Å². The molecule has 1 aliphatic carbocycles. The quantitative estimate of drug-likeness (QED) is 0.846. The van der Waals surface area contributed by atoms with E-state index < -0.39 is 10.0 Å². The van der Waals surface area contributed by atoms with Crippen molar-refractivity contribution in [3.05, 3.63) is 58.9 Å². The van der Waals surface area contributed by atoms with Crippen LogP contribution in [0, 0.1) is 6.92 Å². The van der Waals surface area contributed by atoms with Gasteiger partial charge in [0.1, 0.15) is 0 Å². The molecule has 132 valence electrons. The molecule has 1 aliphatic heterocycles. The SMILES string of the molecule is Cc1ccc(C2CCN(S(=O)(=O)c3ccc4c(c3)CCC4)CC2)cn1. The van der Waals surface area contributed by atoms with Gasteiger partial charge in [-0.25, -0.2) is 8.42 Å². The number of rotatable bonds is 3. The molecule has 0 atom stereocenters. The second kappa shape index (κ2) is 6.54. The molecule has 1 aromatic carbocycles. The smallest absolute Gasteiger partial charge is 0.243 e. The number of hydrogen-bond donors (Lipinski definition) is 0. The summed E-state index contributed by atoms with van der Waals surface area (Å²) in [5, 5.41) is 0. The summed E-state index contributed by atoms with van der Waals surface area (Å²) >= 11 is 0. The Bertz CT molecular complexity index is 867. The number of aromatic nitrogens is 1. The van der Waals surface area contributed by atoms with Crippen molar-refractivity contribution in [2.45, 2.75) is 49.8 Å². The van der Waals surface area contributed by atoms with E-state index in [-0.39, 0.29) is 0 Å². The molecule has 2 heterocycles. The highest BCUT2D eigenvalue weighted by Crippen LogP contribution is 2.32. The molecule has 25 heavy (non-hydrogen) atoms. The average Bonchev–Trinajstić information content (AvgIpc) is 3.10. The van der Waals surface area contributed by atoms with E-state index >= 15 is 0 Å². The van der Waals surface area contributed by atoms with Gasteiger partial charge < -0.3 is 0 Å². The maximum Gasteiger partial charge on any atom is 0.243 e. The van der Waals surface area contributed by atoms with Gasteiger partial charge in [0.05, 0.1) is 4.90 Å². The molecule has 1 saturated heterocycles. The average molecular weight is 356 g/mol. The summed E-state index contributed by atoms with van der Waals surface area (Å²) < 4.78 is 27.6. The number of nitrogens with zero attached hydrogens (tertiary/aromatic N) is 2.